The molecule has 2 aliphatic rings. The molecule has 1 aliphatic heterocycles. The van der Waals surface area contributed by atoms with E-state index in [1.165, 1.54) is 16.2 Å². The molecule has 1 amide bonds. The third-order valence-electron chi connectivity index (χ3n) is 5.73. The van der Waals surface area contributed by atoms with Gasteiger partial charge in [0.05, 0.1) is 4.91 Å². The topological polar surface area (TPSA) is 63.9 Å². The van der Waals surface area contributed by atoms with Crippen LogP contribution in [-0.2, 0) is 4.79 Å². The van der Waals surface area contributed by atoms with Gasteiger partial charge in [-0.2, -0.15) is 4.98 Å². The average Bonchev–Trinajstić information content (AvgIpc) is 3.38. The van der Waals surface area contributed by atoms with E-state index < -0.39 is 0 Å². The smallest absolute Gasteiger partial charge is 0.269 e. The van der Waals surface area contributed by atoms with Crippen LogP contribution >= 0.6 is 24.0 Å². The van der Waals surface area contributed by atoms with Crippen molar-refractivity contribution in [2.45, 2.75) is 38.6 Å². The van der Waals surface area contributed by atoms with Crippen LogP contribution in [0, 0.1) is 6.92 Å². The summed E-state index contributed by atoms with van der Waals surface area (Å²) in [5.74, 6) is 0.592. The van der Waals surface area contributed by atoms with E-state index in [0.717, 1.165) is 31.2 Å². The number of rotatable bonds is 4. The monoisotopic (exact) mass is 463 g/mol. The standard InChI is InChI=1S/C24H21N3O3S2/c1-15-7-6-10-17(13-15)30-21-18(22(28)26-12-5-4-11-20(26)25-21)14-19-23(29)27(24(31)32-19)16-8-2-3-9-16/h4-7,10-14,16H,2-3,8-9H2,1H3/b19-14-. The summed E-state index contributed by atoms with van der Waals surface area (Å²) in [6, 6.07) is 13.0. The highest BCUT2D eigenvalue weighted by atomic mass is 32.2. The number of hydrogen-bond donors (Lipinski definition) is 0. The number of ether oxygens (including phenoxy) is 1. The van der Waals surface area contributed by atoms with Crippen molar-refractivity contribution in [2.24, 2.45) is 0 Å². The molecule has 0 unspecified atom stereocenters. The molecule has 8 heteroatoms. The maximum Gasteiger partial charge on any atom is 0.269 e. The van der Waals surface area contributed by atoms with Gasteiger partial charge < -0.3 is 4.74 Å². The highest BCUT2D eigenvalue weighted by Gasteiger charge is 2.38. The number of amides is 1. The molecule has 1 aliphatic carbocycles. The number of aryl methyl sites for hydroxylation is 1. The SMILES string of the molecule is Cc1cccc(Oc2nc3ccccn3c(=O)c2/C=C2\SC(=S)N(C3CCCC3)C2=O)c1. The molecule has 1 saturated heterocycles. The minimum atomic E-state index is -0.301. The van der Waals surface area contributed by atoms with Crippen LogP contribution in [0.2, 0.25) is 0 Å². The highest BCUT2D eigenvalue weighted by molar-refractivity contribution is 8.26. The highest BCUT2D eigenvalue weighted by Crippen LogP contribution is 2.38. The summed E-state index contributed by atoms with van der Waals surface area (Å²) < 4.78 is 8.04. The third-order valence-corrected chi connectivity index (χ3v) is 7.06. The molecule has 32 heavy (non-hydrogen) atoms. The molecule has 5 rings (SSSR count). The summed E-state index contributed by atoms with van der Waals surface area (Å²) in [5.41, 5.74) is 1.42. The molecule has 3 heterocycles. The summed E-state index contributed by atoms with van der Waals surface area (Å²) >= 11 is 6.74. The van der Waals surface area contributed by atoms with Crippen molar-refractivity contribution in [1.82, 2.24) is 14.3 Å². The lowest BCUT2D eigenvalue weighted by Crippen LogP contribution is -2.36. The van der Waals surface area contributed by atoms with Crippen LogP contribution in [0.15, 0.2) is 58.4 Å². The maximum absolute atomic E-state index is 13.4. The van der Waals surface area contributed by atoms with Crippen LogP contribution in [-0.4, -0.2) is 30.6 Å². The van der Waals surface area contributed by atoms with Gasteiger partial charge in [-0.1, -0.05) is 55.0 Å². The first-order valence-electron chi connectivity index (χ1n) is 10.5. The zero-order valence-electron chi connectivity index (χ0n) is 17.5. The molecule has 162 valence electrons. The summed E-state index contributed by atoms with van der Waals surface area (Å²) in [4.78, 5) is 33.2. The first kappa shape index (κ1) is 20.9. The number of carbonyl (C=O) groups is 1. The van der Waals surface area contributed by atoms with E-state index in [0.29, 0.717) is 20.6 Å². The zero-order valence-corrected chi connectivity index (χ0v) is 19.1. The number of fused-ring (bicyclic) bond motifs is 1. The van der Waals surface area contributed by atoms with Crippen LogP contribution in [0.4, 0.5) is 0 Å². The average molecular weight is 464 g/mol. The number of benzene rings is 1. The van der Waals surface area contributed by atoms with Crippen LogP contribution < -0.4 is 10.3 Å². The number of nitrogens with zero attached hydrogens (tertiary/aromatic N) is 3. The molecule has 0 atom stereocenters. The van der Waals surface area contributed by atoms with Gasteiger partial charge in [0, 0.05) is 12.2 Å². The van der Waals surface area contributed by atoms with Crippen LogP contribution in [0.25, 0.3) is 11.7 Å². The Morgan fingerprint density at radius 1 is 1.16 bits per heavy atom. The van der Waals surface area contributed by atoms with Crippen molar-refractivity contribution in [3.8, 4) is 11.6 Å². The van der Waals surface area contributed by atoms with Crippen molar-refractivity contribution in [1.29, 1.82) is 0 Å². The normalized spacial score (nSPS) is 18.3. The van der Waals surface area contributed by atoms with Crippen molar-refractivity contribution < 1.29 is 9.53 Å². The number of thioether (sulfide) groups is 1. The molecule has 0 N–H and O–H groups in total. The van der Waals surface area contributed by atoms with E-state index in [1.807, 2.05) is 37.3 Å². The Hall–Kier alpha value is -2.97. The second-order valence-electron chi connectivity index (χ2n) is 7.97. The Kier molecular flexibility index (Phi) is 5.57. The predicted octanol–water partition coefficient (Wildman–Crippen LogP) is 4.94. The Balaban J connectivity index is 1.61. The van der Waals surface area contributed by atoms with Crippen molar-refractivity contribution in [3.05, 3.63) is 75.0 Å². The first-order valence-corrected chi connectivity index (χ1v) is 11.8. The third kappa shape index (κ3) is 3.84. The van der Waals surface area contributed by atoms with Gasteiger partial charge in [-0.3, -0.25) is 18.9 Å². The Morgan fingerprint density at radius 2 is 1.97 bits per heavy atom. The molecule has 2 fully saturated rings. The van der Waals surface area contributed by atoms with Crippen LogP contribution in [0.5, 0.6) is 11.6 Å². The lowest BCUT2D eigenvalue weighted by atomic mass is 10.2. The maximum atomic E-state index is 13.4. The van der Waals surface area contributed by atoms with Crippen LogP contribution in [0.1, 0.15) is 36.8 Å². The predicted molar refractivity (Wildman–Crippen MR) is 130 cm³/mol. The van der Waals surface area contributed by atoms with E-state index in [-0.39, 0.29) is 29.0 Å². The summed E-state index contributed by atoms with van der Waals surface area (Å²) in [6.45, 7) is 1.96. The fourth-order valence-electron chi connectivity index (χ4n) is 4.16. The zero-order chi connectivity index (χ0) is 22.2. The first-order chi connectivity index (χ1) is 15.5. The molecule has 0 spiro atoms. The van der Waals surface area contributed by atoms with Gasteiger partial charge >= 0.3 is 0 Å². The molecule has 2 aromatic heterocycles. The van der Waals surface area contributed by atoms with Gasteiger partial charge in [0.15, 0.2) is 0 Å². The molecule has 3 aromatic rings. The Morgan fingerprint density at radius 3 is 2.75 bits per heavy atom. The van der Waals surface area contributed by atoms with Crippen molar-refractivity contribution in [2.75, 3.05) is 0 Å². The van der Waals surface area contributed by atoms with Gasteiger partial charge in [-0.25, -0.2) is 0 Å². The Labute approximate surface area is 194 Å². The Bertz CT molecular complexity index is 1330. The van der Waals surface area contributed by atoms with Crippen molar-refractivity contribution in [3.63, 3.8) is 0 Å². The number of thiocarbonyl (C=S) groups is 1. The second-order valence-corrected chi connectivity index (χ2v) is 9.65. The van der Waals surface area contributed by atoms with Crippen LogP contribution in [0.3, 0.4) is 0 Å². The summed E-state index contributed by atoms with van der Waals surface area (Å²) in [5, 5.41) is 0. The minimum Gasteiger partial charge on any atom is -0.438 e. The van der Waals surface area contributed by atoms with Gasteiger partial charge in [0.1, 0.15) is 21.3 Å². The molecule has 1 saturated carbocycles. The molecular formula is C24H21N3O3S2. The molecule has 1 aromatic carbocycles. The largest absolute Gasteiger partial charge is 0.438 e. The fraction of sp³-hybridized carbons (Fsp3) is 0.250. The van der Waals surface area contributed by atoms with E-state index in [4.69, 9.17) is 17.0 Å². The van der Waals surface area contributed by atoms with Gasteiger partial charge in [-0.05, 0) is 55.7 Å². The van der Waals surface area contributed by atoms with Crippen molar-refractivity contribution >= 4 is 45.9 Å². The number of pyridine rings is 1. The number of carbonyl (C=O) groups excluding carboxylic acids is 1. The second kappa shape index (κ2) is 8.52. The minimum absolute atomic E-state index is 0.146. The quantitative estimate of drug-likeness (QED) is 0.403. The fourth-order valence-corrected chi connectivity index (χ4v) is 5.54. The number of hydrogen-bond acceptors (Lipinski definition) is 6. The van der Waals surface area contributed by atoms with E-state index >= 15 is 0 Å². The van der Waals surface area contributed by atoms with E-state index in [2.05, 4.69) is 4.98 Å². The lowest BCUT2D eigenvalue weighted by Gasteiger charge is -2.21. The number of aromatic nitrogens is 2. The molecule has 0 bridgehead atoms. The van der Waals surface area contributed by atoms with Gasteiger partial charge in [0.2, 0.25) is 5.88 Å². The van der Waals surface area contributed by atoms with E-state index in [9.17, 15) is 9.59 Å². The van der Waals surface area contributed by atoms with Gasteiger partial charge in [0.25, 0.3) is 11.5 Å². The lowest BCUT2D eigenvalue weighted by molar-refractivity contribution is -0.123. The molecule has 6 nitrogen and oxygen atoms in total. The van der Waals surface area contributed by atoms with E-state index in [1.54, 1.807) is 29.3 Å². The molecule has 0 radical (unpaired) electrons. The van der Waals surface area contributed by atoms with Gasteiger partial charge in [-0.15, -0.1) is 0 Å². The summed E-state index contributed by atoms with van der Waals surface area (Å²) in [7, 11) is 0. The molecular weight excluding hydrogens is 442 g/mol. The summed E-state index contributed by atoms with van der Waals surface area (Å²) in [6.07, 6.45) is 7.36.